The van der Waals surface area contributed by atoms with E-state index in [1.807, 2.05) is 0 Å². The Morgan fingerprint density at radius 1 is 1.38 bits per heavy atom. The monoisotopic (exact) mass is 357 g/mol. The zero-order chi connectivity index (χ0) is 17.4. The number of sulfonamides is 1. The summed E-state index contributed by atoms with van der Waals surface area (Å²) in [5, 5.41) is 3.75. The molecule has 0 bridgehead atoms. The number of aromatic nitrogens is 1. The summed E-state index contributed by atoms with van der Waals surface area (Å²) in [6, 6.07) is 1.39. The minimum atomic E-state index is -3.30. The van der Waals surface area contributed by atoms with Crippen molar-refractivity contribution in [3.8, 4) is 0 Å². The summed E-state index contributed by atoms with van der Waals surface area (Å²) in [6.07, 6.45) is 3.44. The van der Waals surface area contributed by atoms with E-state index in [-0.39, 0.29) is 23.1 Å². The molecule has 1 atom stereocenters. The lowest BCUT2D eigenvalue weighted by Gasteiger charge is -2.48. The van der Waals surface area contributed by atoms with Crippen molar-refractivity contribution in [1.29, 1.82) is 0 Å². The van der Waals surface area contributed by atoms with E-state index >= 15 is 0 Å². The second-order valence-electron chi connectivity index (χ2n) is 6.75. The van der Waals surface area contributed by atoms with Crippen molar-refractivity contribution in [2.75, 3.05) is 32.6 Å². The largest absolute Gasteiger partial charge is 0.380 e. The highest BCUT2D eigenvalue weighted by atomic mass is 32.2. The minimum Gasteiger partial charge on any atom is -0.380 e. The molecule has 3 heterocycles. The van der Waals surface area contributed by atoms with Gasteiger partial charge in [-0.15, -0.1) is 0 Å². The Bertz CT molecular complexity index is 706. The number of carbonyl (C=O) groups is 1. The molecule has 2 aliphatic rings. The highest BCUT2D eigenvalue weighted by Gasteiger charge is 2.45. The third-order valence-corrected chi connectivity index (χ3v) is 5.72. The van der Waals surface area contributed by atoms with Gasteiger partial charge < -0.3 is 14.2 Å². The van der Waals surface area contributed by atoms with Crippen LogP contribution in [-0.4, -0.2) is 63.0 Å². The molecule has 2 saturated heterocycles. The molecular formula is C15H23N3O5S. The van der Waals surface area contributed by atoms with Crippen LogP contribution in [0.25, 0.3) is 0 Å². The van der Waals surface area contributed by atoms with E-state index in [2.05, 4.69) is 9.88 Å². The number of rotatable bonds is 3. The van der Waals surface area contributed by atoms with Gasteiger partial charge in [0.2, 0.25) is 15.8 Å². The number of nitrogens with one attached hydrogen (secondary N) is 1. The number of piperidine rings is 1. The van der Waals surface area contributed by atoms with E-state index in [0.717, 1.165) is 19.3 Å². The second-order valence-corrected chi connectivity index (χ2v) is 8.53. The zero-order valence-corrected chi connectivity index (χ0v) is 14.8. The Kier molecular flexibility index (Phi) is 4.67. The van der Waals surface area contributed by atoms with Gasteiger partial charge in [-0.2, -0.15) is 0 Å². The number of ether oxygens (including phenoxy) is 1. The van der Waals surface area contributed by atoms with E-state index in [0.29, 0.717) is 32.0 Å². The van der Waals surface area contributed by atoms with Crippen LogP contribution in [0.15, 0.2) is 10.6 Å². The maximum atomic E-state index is 12.5. The van der Waals surface area contributed by atoms with Gasteiger partial charge >= 0.3 is 0 Å². The lowest BCUT2D eigenvalue weighted by atomic mass is 9.69. The van der Waals surface area contributed by atoms with E-state index in [4.69, 9.17) is 9.26 Å². The quantitative estimate of drug-likeness (QED) is 0.847. The fourth-order valence-electron chi connectivity index (χ4n) is 3.62. The standard InChI is InChI=1S/C15H23N3O5S/c1-11-9-12(23-16-11)14(19)18-6-3-15(4-7-18)5-8-22-10-13(15)17-24(2,20)21/h9,13,17H,3-8,10H2,1-2H3. The number of hydrogen-bond acceptors (Lipinski definition) is 6. The molecule has 1 N–H and O–H groups in total. The van der Waals surface area contributed by atoms with Crippen molar-refractivity contribution in [1.82, 2.24) is 14.8 Å². The molecule has 3 rings (SSSR count). The van der Waals surface area contributed by atoms with Gasteiger partial charge in [0.05, 0.1) is 24.6 Å². The molecule has 2 aliphatic heterocycles. The smallest absolute Gasteiger partial charge is 0.292 e. The normalized spacial score (nSPS) is 24.2. The fourth-order valence-corrected chi connectivity index (χ4v) is 4.45. The summed E-state index contributed by atoms with van der Waals surface area (Å²) < 4.78 is 36.5. The minimum absolute atomic E-state index is 0.157. The number of amides is 1. The number of aryl methyl sites for hydroxylation is 1. The van der Waals surface area contributed by atoms with Crippen LogP contribution in [0.2, 0.25) is 0 Å². The third kappa shape index (κ3) is 3.62. The molecule has 0 aromatic carbocycles. The van der Waals surface area contributed by atoms with Gasteiger partial charge in [0.15, 0.2) is 0 Å². The van der Waals surface area contributed by atoms with E-state index < -0.39 is 10.0 Å². The van der Waals surface area contributed by atoms with Gasteiger partial charge in [-0.05, 0) is 31.6 Å². The first-order valence-corrected chi connectivity index (χ1v) is 9.96. The Hall–Kier alpha value is -1.45. The van der Waals surface area contributed by atoms with Gasteiger partial charge in [-0.1, -0.05) is 5.16 Å². The molecule has 24 heavy (non-hydrogen) atoms. The van der Waals surface area contributed by atoms with E-state index in [1.165, 1.54) is 6.26 Å². The van der Waals surface area contributed by atoms with Crippen molar-refractivity contribution in [3.05, 3.63) is 17.5 Å². The molecule has 0 radical (unpaired) electrons. The first-order valence-electron chi connectivity index (χ1n) is 8.07. The summed E-state index contributed by atoms with van der Waals surface area (Å²) in [6.45, 7) is 3.91. The van der Waals surface area contributed by atoms with Crippen molar-refractivity contribution < 1.29 is 22.5 Å². The number of carbonyl (C=O) groups excluding carboxylic acids is 1. The SMILES string of the molecule is Cc1cc(C(=O)N2CCC3(CCOCC3NS(C)(=O)=O)CC2)on1. The van der Waals surface area contributed by atoms with Crippen LogP contribution < -0.4 is 4.72 Å². The molecule has 0 saturated carbocycles. The third-order valence-electron chi connectivity index (χ3n) is 5.01. The molecule has 1 aromatic heterocycles. The fraction of sp³-hybridized carbons (Fsp3) is 0.733. The molecule has 1 aromatic rings. The lowest BCUT2D eigenvalue weighted by molar-refractivity contribution is -0.0404. The average Bonchev–Trinajstić information content (AvgIpc) is 2.95. The molecule has 1 spiro atoms. The van der Waals surface area contributed by atoms with E-state index in [9.17, 15) is 13.2 Å². The number of nitrogens with zero attached hydrogens (tertiary/aromatic N) is 2. The van der Waals surface area contributed by atoms with Crippen molar-refractivity contribution in [3.63, 3.8) is 0 Å². The first kappa shape index (κ1) is 17.4. The Labute approximate surface area is 141 Å². The molecular weight excluding hydrogens is 334 g/mol. The molecule has 9 heteroatoms. The molecule has 8 nitrogen and oxygen atoms in total. The van der Waals surface area contributed by atoms with Gasteiger partial charge in [-0.25, -0.2) is 13.1 Å². The van der Waals surface area contributed by atoms with Gasteiger partial charge in [0.25, 0.3) is 5.91 Å². The van der Waals surface area contributed by atoms with Crippen molar-refractivity contribution in [2.24, 2.45) is 5.41 Å². The molecule has 1 amide bonds. The van der Waals surface area contributed by atoms with Crippen molar-refractivity contribution in [2.45, 2.75) is 32.2 Å². The molecule has 2 fully saturated rings. The predicted octanol–water partition coefficient (Wildman–Crippen LogP) is 0.544. The van der Waals surface area contributed by atoms with Crippen LogP contribution >= 0.6 is 0 Å². The Balaban J connectivity index is 1.69. The molecule has 134 valence electrons. The van der Waals surface area contributed by atoms with Crippen LogP contribution in [0.5, 0.6) is 0 Å². The van der Waals surface area contributed by atoms with E-state index in [1.54, 1.807) is 17.9 Å². The zero-order valence-electron chi connectivity index (χ0n) is 13.9. The first-order chi connectivity index (χ1) is 11.3. The highest BCUT2D eigenvalue weighted by Crippen LogP contribution is 2.41. The van der Waals surface area contributed by atoms with Crippen LogP contribution in [0.3, 0.4) is 0 Å². The van der Waals surface area contributed by atoms with Gasteiger partial charge in [0, 0.05) is 25.8 Å². The Morgan fingerprint density at radius 3 is 2.67 bits per heavy atom. The molecule has 0 aliphatic carbocycles. The summed E-state index contributed by atoms with van der Waals surface area (Å²) in [4.78, 5) is 14.2. The van der Waals surface area contributed by atoms with Crippen LogP contribution in [-0.2, 0) is 14.8 Å². The Morgan fingerprint density at radius 2 is 2.08 bits per heavy atom. The maximum absolute atomic E-state index is 12.5. The molecule has 1 unspecified atom stereocenters. The summed E-state index contributed by atoms with van der Waals surface area (Å²) in [5.41, 5.74) is 0.517. The number of likely N-dealkylation sites (tertiary alicyclic amines) is 1. The predicted molar refractivity (Wildman–Crippen MR) is 86.0 cm³/mol. The highest BCUT2D eigenvalue weighted by molar-refractivity contribution is 7.88. The van der Waals surface area contributed by atoms with Crippen molar-refractivity contribution >= 4 is 15.9 Å². The summed E-state index contributed by atoms with van der Waals surface area (Å²) in [5.74, 6) is 0.0892. The topological polar surface area (TPSA) is 102 Å². The van der Waals surface area contributed by atoms with Crippen LogP contribution in [0.4, 0.5) is 0 Å². The summed E-state index contributed by atoms with van der Waals surface area (Å²) >= 11 is 0. The average molecular weight is 357 g/mol. The van der Waals surface area contributed by atoms with Crippen LogP contribution in [0.1, 0.15) is 35.5 Å². The maximum Gasteiger partial charge on any atom is 0.292 e. The number of hydrogen-bond donors (Lipinski definition) is 1. The van der Waals surface area contributed by atoms with Crippen LogP contribution in [0, 0.1) is 12.3 Å². The van der Waals surface area contributed by atoms with Gasteiger partial charge in [-0.3, -0.25) is 4.79 Å². The van der Waals surface area contributed by atoms with Gasteiger partial charge in [0.1, 0.15) is 0 Å². The summed E-state index contributed by atoms with van der Waals surface area (Å²) in [7, 11) is -3.30. The second kappa shape index (κ2) is 6.45. The lowest BCUT2D eigenvalue weighted by Crippen LogP contribution is -2.57.